The first kappa shape index (κ1) is 10.9. The number of aromatic nitrogens is 3. The van der Waals surface area contributed by atoms with Crippen molar-refractivity contribution in [1.29, 1.82) is 0 Å². The maximum atomic E-state index is 12.0. The fraction of sp³-hybridized carbons (Fsp3) is 0.700. The highest BCUT2D eigenvalue weighted by atomic mass is 16.2. The number of aryl methyl sites for hydroxylation is 1. The summed E-state index contributed by atoms with van der Waals surface area (Å²) < 4.78 is 1.88. The molecule has 88 valence electrons. The van der Waals surface area contributed by atoms with Gasteiger partial charge in [-0.2, -0.15) is 0 Å². The second-order valence-corrected chi connectivity index (χ2v) is 4.33. The molecule has 0 radical (unpaired) electrons. The molecule has 6 nitrogen and oxygen atoms in total. The molecule has 2 rings (SSSR count). The lowest BCUT2D eigenvalue weighted by Crippen LogP contribution is -2.39. The Labute approximate surface area is 94.9 Å². The molecule has 1 fully saturated rings. The molecule has 1 atom stereocenters. The summed E-state index contributed by atoms with van der Waals surface area (Å²) in [6, 6.07) is 0.118. The zero-order valence-electron chi connectivity index (χ0n) is 9.92. The molecule has 1 aromatic rings. The second kappa shape index (κ2) is 4.11. The van der Waals surface area contributed by atoms with Crippen molar-refractivity contribution in [1.82, 2.24) is 24.6 Å². The predicted molar refractivity (Wildman–Crippen MR) is 58.8 cm³/mol. The Balaban J connectivity index is 2.22. The van der Waals surface area contributed by atoms with Crippen LogP contribution in [0.1, 0.15) is 24.7 Å². The third kappa shape index (κ3) is 1.75. The van der Waals surface area contributed by atoms with Crippen LogP contribution in [-0.4, -0.2) is 51.2 Å². The van der Waals surface area contributed by atoms with E-state index in [0.29, 0.717) is 0 Å². The average molecular weight is 223 g/mol. The van der Waals surface area contributed by atoms with Crippen LogP contribution in [0.15, 0.2) is 6.33 Å². The summed E-state index contributed by atoms with van der Waals surface area (Å²) in [4.78, 5) is 15.4. The highest BCUT2D eigenvalue weighted by Gasteiger charge is 2.33. The van der Waals surface area contributed by atoms with Gasteiger partial charge < -0.3 is 14.4 Å². The lowest BCUT2D eigenvalue weighted by molar-refractivity contribution is 0.163. The molecule has 0 spiro atoms. The molecule has 2 amide bonds. The van der Waals surface area contributed by atoms with Gasteiger partial charge in [-0.3, -0.25) is 0 Å². The van der Waals surface area contributed by atoms with Crippen molar-refractivity contribution in [2.24, 2.45) is 7.05 Å². The van der Waals surface area contributed by atoms with Gasteiger partial charge in [0.25, 0.3) is 0 Å². The average Bonchev–Trinajstić information content (AvgIpc) is 2.84. The van der Waals surface area contributed by atoms with Gasteiger partial charge in [0.15, 0.2) is 5.82 Å². The highest BCUT2D eigenvalue weighted by Crippen LogP contribution is 2.30. The molecule has 0 aromatic carbocycles. The quantitative estimate of drug-likeness (QED) is 0.702. The van der Waals surface area contributed by atoms with E-state index >= 15 is 0 Å². The lowest BCUT2D eigenvalue weighted by atomic mass is 10.2. The van der Waals surface area contributed by atoms with Crippen LogP contribution in [0.3, 0.4) is 0 Å². The summed E-state index contributed by atoms with van der Waals surface area (Å²) >= 11 is 0. The van der Waals surface area contributed by atoms with Gasteiger partial charge in [0, 0.05) is 27.7 Å². The van der Waals surface area contributed by atoms with E-state index in [1.165, 1.54) is 0 Å². The van der Waals surface area contributed by atoms with Gasteiger partial charge in [-0.05, 0) is 12.8 Å². The Morgan fingerprint density at radius 1 is 1.56 bits per heavy atom. The van der Waals surface area contributed by atoms with Crippen molar-refractivity contribution in [3.05, 3.63) is 12.2 Å². The minimum Gasteiger partial charge on any atom is -0.331 e. The summed E-state index contributed by atoms with van der Waals surface area (Å²) in [7, 11) is 5.45. The monoisotopic (exact) mass is 223 g/mol. The molecular weight excluding hydrogens is 206 g/mol. The van der Waals surface area contributed by atoms with Crippen molar-refractivity contribution < 1.29 is 4.79 Å². The van der Waals surface area contributed by atoms with Crippen molar-refractivity contribution in [3.63, 3.8) is 0 Å². The van der Waals surface area contributed by atoms with Crippen LogP contribution in [0.4, 0.5) is 4.79 Å². The topological polar surface area (TPSA) is 54.3 Å². The van der Waals surface area contributed by atoms with Crippen LogP contribution in [0.25, 0.3) is 0 Å². The zero-order chi connectivity index (χ0) is 11.7. The number of rotatable bonds is 1. The van der Waals surface area contributed by atoms with E-state index in [0.717, 1.165) is 25.2 Å². The number of amides is 2. The summed E-state index contributed by atoms with van der Waals surface area (Å²) in [5.74, 6) is 0.868. The van der Waals surface area contributed by atoms with Crippen LogP contribution in [0, 0.1) is 0 Å². The largest absolute Gasteiger partial charge is 0.331 e. The second-order valence-electron chi connectivity index (χ2n) is 4.33. The van der Waals surface area contributed by atoms with Gasteiger partial charge in [-0.1, -0.05) is 0 Å². The maximum Gasteiger partial charge on any atom is 0.320 e. The Kier molecular flexibility index (Phi) is 2.80. The third-order valence-corrected chi connectivity index (χ3v) is 2.93. The Morgan fingerprint density at radius 3 is 2.88 bits per heavy atom. The highest BCUT2D eigenvalue weighted by molar-refractivity contribution is 5.74. The number of likely N-dealkylation sites (tertiary alicyclic amines) is 1. The van der Waals surface area contributed by atoms with E-state index in [9.17, 15) is 4.79 Å². The third-order valence-electron chi connectivity index (χ3n) is 2.93. The van der Waals surface area contributed by atoms with Crippen molar-refractivity contribution in [3.8, 4) is 0 Å². The predicted octanol–water partition coefficient (Wildman–Crippen LogP) is 0.634. The minimum absolute atomic E-state index is 0.0468. The van der Waals surface area contributed by atoms with Crippen LogP contribution in [0.2, 0.25) is 0 Å². The van der Waals surface area contributed by atoms with Gasteiger partial charge in [0.2, 0.25) is 0 Å². The van der Waals surface area contributed by atoms with E-state index in [1.807, 2.05) is 16.5 Å². The molecule has 1 aliphatic heterocycles. The van der Waals surface area contributed by atoms with E-state index in [-0.39, 0.29) is 12.1 Å². The number of urea groups is 1. The minimum atomic E-state index is 0.0468. The van der Waals surface area contributed by atoms with Crippen LogP contribution in [0.5, 0.6) is 0 Å². The number of carbonyl (C=O) groups is 1. The SMILES string of the molecule is CN(C)C(=O)N1CCCC1c1nncn1C. The van der Waals surface area contributed by atoms with Gasteiger partial charge in [-0.25, -0.2) is 4.79 Å². The van der Waals surface area contributed by atoms with Gasteiger partial charge in [0.05, 0.1) is 6.04 Å². The molecule has 1 saturated heterocycles. The molecular formula is C10H17N5O. The van der Waals surface area contributed by atoms with Gasteiger partial charge >= 0.3 is 6.03 Å². The first-order valence-electron chi connectivity index (χ1n) is 5.43. The van der Waals surface area contributed by atoms with Crippen LogP contribution >= 0.6 is 0 Å². The molecule has 2 heterocycles. The fourth-order valence-electron chi connectivity index (χ4n) is 2.11. The normalized spacial score (nSPS) is 20.2. The van der Waals surface area contributed by atoms with E-state index in [1.54, 1.807) is 25.3 Å². The summed E-state index contributed by atoms with van der Waals surface area (Å²) in [5.41, 5.74) is 0. The molecule has 1 aromatic heterocycles. The molecule has 0 bridgehead atoms. The Bertz CT molecular complexity index is 386. The van der Waals surface area contributed by atoms with E-state index in [4.69, 9.17) is 0 Å². The first-order chi connectivity index (χ1) is 7.61. The van der Waals surface area contributed by atoms with E-state index in [2.05, 4.69) is 10.2 Å². The maximum absolute atomic E-state index is 12.0. The molecule has 16 heavy (non-hydrogen) atoms. The van der Waals surface area contributed by atoms with Gasteiger partial charge in [-0.15, -0.1) is 10.2 Å². The number of hydrogen-bond donors (Lipinski definition) is 0. The molecule has 0 N–H and O–H groups in total. The molecule has 0 saturated carbocycles. The smallest absolute Gasteiger partial charge is 0.320 e. The fourth-order valence-corrected chi connectivity index (χ4v) is 2.11. The van der Waals surface area contributed by atoms with Crippen molar-refractivity contribution >= 4 is 6.03 Å². The van der Waals surface area contributed by atoms with Crippen LogP contribution < -0.4 is 0 Å². The standard InChI is InChI=1S/C10H17N5O/c1-13(2)10(16)15-6-4-5-8(15)9-12-11-7-14(9)3/h7-8H,4-6H2,1-3H3. The first-order valence-corrected chi connectivity index (χ1v) is 5.43. The Morgan fingerprint density at radius 2 is 2.31 bits per heavy atom. The molecule has 1 unspecified atom stereocenters. The zero-order valence-corrected chi connectivity index (χ0v) is 9.92. The molecule has 0 aliphatic carbocycles. The van der Waals surface area contributed by atoms with Gasteiger partial charge in [0.1, 0.15) is 6.33 Å². The molecule has 6 heteroatoms. The summed E-state index contributed by atoms with van der Waals surface area (Å²) in [5, 5.41) is 7.96. The molecule has 1 aliphatic rings. The number of nitrogens with zero attached hydrogens (tertiary/aromatic N) is 5. The lowest BCUT2D eigenvalue weighted by Gasteiger charge is -2.26. The summed E-state index contributed by atoms with van der Waals surface area (Å²) in [6.45, 7) is 0.800. The Hall–Kier alpha value is -1.59. The van der Waals surface area contributed by atoms with E-state index < -0.39 is 0 Å². The number of hydrogen-bond acceptors (Lipinski definition) is 3. The van der Waals surface area contributed by atoms with Crippen molar-refractivity contribution in [2.45, 2.75) is 18.9 Å². The number of carbonyl (C=O) groups excluding carboxylic acids is 1. The van der Waals surface area contributed by atoms with Crippen LogP contribution in [-0.2, 0) is 7.05 Å². The van der Waals surface area contributed by atoms with Crippen molar-refractivity contribution in [2.75, 3.05) is 20.6 Å². The summed E-state index contributed by atoms with van der Waals surface area (Å²) in [6.07, 6.45) is 3.66.